The highest BCUT2D eigenvalue weighted by Crippen LogP contribution is 2.42. The van der Waals surface area contributed by atoms with E-state index in [0.29, 0.717) is 6.04 Å². The molecular weight excluding hydrogens is 174 g/mol. The van der Waals surface area contributed by atoms with Gasteiger partial charge in [-0.25, -0.2) is 0 Å². The molecule has 0 bridgehead atoms. The van der Waals surface area contributed by atoms with Crippen LogP contribution in [0.1, 0.15) is 46.0 Å². The van der Waals surface area contributed by atoms with Gasteiger partial charge in [-0.2, -0.15) is 0 Å². The maximum atomic E-state index is 6.16. The summed E-state index contributed by atoms with van der Waals surface area (Å²) in [5, 5.41) is 3.58. The van der Waals surface area contributed by atoms with Crippen LogP contribution in [0.4, 0.5) is 0 Å². The number of ether oxygens (including phenoxy) is 1. The van der Waals surface area contributed by atoms with Crippen LogP contribution >= 0.6 is 0 Å². The molecule has 0 radical (unpaired) electrons. The topological polar surface area (TPSA) is 21.3 Å². The van der Waals surface area contributed by atoms with Crippen LogP contribution < -0.4 is 5.32 Å². The van der Waals surface area contributed by atoms with Crippen LogP contribution in [-0.4, -0.2) is 24.8 Å². The van der Waals surface area contributed by atoms with Gasteiger partial charge in [-0.05, 0) is 25.7 Å². The molecule has 1 N–H and O–H groups in total. The summed E-state index contributed by atoms with van der Waals surface area (Å²) in [5.41, 5.74) is 0.172. The normalized spacial score (nSPS) is 44.1. The lowest BCUT2D eigenvalue weighted by Gasteiger charge is -2.50. The summed E-state index contributed by atoms with van der Waals surface area (Å²) < 4.78 is 6.16. The maximum absolute atomic E-state index is 6.16. The van der Waals surface area contributed by atoms with Crippen molar-refractivity contribution in [3.8, 4) is 0 Å². The second kappa shape index (κ2) is 4.19. The first-order valence-corrected chi connectivity index (χ1v) is 6.17. The molecule has 1 heterocycles. The van der Waals surface area contributed by atoms with Crippen molar-refractivity contribution in [2.24, 2.45) is 5.92 Å². The van der Waals surface area contributed by atoms with Crippen LogP contribution in [0, 0.1) is 5.92 Å². The number of hydrogen-bond acceptors (Lipinski definition) is 2. The quantitative estimate of drug-likeness (QED) is 0.696. The lowest BCUT2D eigenvalue weighted by molar-refractivity contribution is -0.148. The highest BCUT2D eigenvalue weighted by atomic mass is 16.5. The Bertz CT molecular complexity index is 189. The Morgan fingerprint density at radius 1 is 1.43 bits per heavy atom. The lowest BCUT2D eigenvalue weighted by atomic mass is 9.70. The van der Waals surface area contributed by atoms with E-state index in [1.165, 1.54) is 32.1 Å². The van der Waals surface area contributed by atoms with Crippen LogP contribution in [0.3, 0.4) is 0 Å². The monoisotopic (exact) mass is 197 g/mol. The van der Waals surface area contributed by atoms with Gasteiger partial charge < -0.3 is 10.1 Å². The van der Waals surface area contributed by atoms with Crippen molar-refractivity contribution in [3.05, 3.63) is 0 Å². The standard InChI is InChI=1S/C12H23NO/c1-3-11-6-4-5-7-12(11)10(2)13-8-9-14-12/h10-11,13H,3-9H2,1-2H3. The predicted molar refractivity (Wildman–Crippen MR) is 58.4 cm³/mol. The minimum Gasteiger partial charge on any atom is -0.372 e. The molecule has 1 saturated carbocycles. The molecule has 0 aromatic rings. The Balaban J connectivity index is 2.15. The third-order valence-corrected chi connectivity index (χ3v) is 4.21. The van der Waals surface area contributed by atoms with Crippen LogP contribution in [0.5, 0.6) is 0 Å². The van der Waals surface area contributed by atoms with Crippen molar-refractivity contribution in [2.75, 3.05) is 13.2 Å². The van der Waals surface area contributed by atoms with E-state index in [1.807, 2.05) is 0 Å². The molecule has 1 aliphatic heterocycles. The zero-order valence-corrected chi connectivity index (χ0v) is 9.51. The van der Waals surface area contributed by atoms with Gasteiger partial charge in [0.15, 0.2) is 0 Å². The summed E-state index contributed by atoms with van der Waals surface area (Å²) in [6.07, 6.45) is 6.65. The summed E-state index contributed by atoms with van der Waals surface area (Å²) in [4.78, 5) is 0. The third-order valence-electron chi connectivity index (χ3n) is 4.21. The molecule has 1 spiro atoms. The van der Waals surface area contributed by atoms with Crippen LogP contribution in [0.15, 0.2) is 0 Å². The minimum absolute atomic E-state index is 0.172. The van der Waals surface area contributed by atoms with Gasteiger partial charge in [0, 0.05) is 12.6 Å². The second-order valence-electron chi connectivity index (χ2n) is 4.83. The highest BCUT2D eigenvalue weighted by molar-refractivity contribution is 5.00. The zero-order chi connectivity index (χ0) is 10.0. The minimum atomic E-state index is 0.172. The van der Waals surface area contributed by atoms with E-state index in [1.54, 1.807) is 0 Å². The number of nitrogens with one attached hydrogen (secondary N) is 1. The Morgan fingerprint density at radius 3 is 3.00 bits per heavy atom. The molecule has 82 valence electrons. The Labute approximate surface area is 87.4 Å². The van der Waals surface area contributed by atoms with Crippen LogP contribution in [-0.2, 0) is 4.74 Å². The van der Waals surface area contributed by atoms with E-state index >= 15 is 0 Å². The zero-order valence-electron chi connectivity index (χ0n) is 9.51. The number of rotatable bonds is 1. The van der Waals surface area contributed by atoms with E-state index in [4.69, 9.17) is 4.74 Å². The fourth-order valence-corrected chi connectivity index (χ4v) is 3.36. The van der Waals surface area contributed by atoms with E-state index in [2.05, 4.69) is 19.2 Å². The Morgan fingerprint density at radius 2 is 2.29 bits per heavy atom. The van der Waals surface area contributed by atoms with Gasteiger partial charge in [0.25, 0.3) is 0 Å². The van der Waals surface area contributed by atoms with Gasteiger partial charge in [-0.1, -0.05) is 26.2 Å². The van der Waals surface area contributed by atoms with Gasteiger partial charge >= 0.3 is 0 Å². The van der Waals surface area contributed by atoms with Gasteiger partial charge in [0.05, 0.1) is 12.2 Å². The summed E-state index contributed by atoms with van der Waals surface area (Å²) in [6, 6.07) is 0.543. The average molecular weight is 197 g/mol. The smallest absolute Gasteiger partial charge is 0.0860 e. The van der Waals surface area contributed by atoms with Crippen LogP contribution in [0.25, 0.3) is 0 Å². The summed E-state index contributed by atoms with van der Waals surface area (Å²) in [6.45, 7) is 6.54. The van der Waals surface area contributed by atoms with E-state index in [9.17, 15) is 0 Å². The average Bonchev–Trinajstić information content (AvgIpc) is 2.23. The van der Waals surface area contributed by atoms with Crippen molar-refractivity contribution in [3.63, 3.8) is 0 Å². The number of hydrogen-bond donors (Lipinski definition) is 1. The molecule has 3 unspecified atom stereocenters. The summed E-state index contributed by atoms with van der Waals surface area (Å²) in [5.74, 6) is 0.777. The SMILES string of the molecule is CCC1CCCCC12OCCNC2C. The van der Waals surface area contributed by atoms with Gasteiger partial charge in [0.1, 0.15) is 0 Å². The third kappa shape index (κ3) is 1.59. The van der Waals surface area contributed by atoms with Crippen molar-refractivity contribution in [2.45, 2.75) is 57.6 Å². The maximum Gasteiger partial charge on any atom is 0.0860 e. The molecule has 2 nitrogen and oxygen atoms in total. The molecule has 3 atom stereocenters. The summed E-state index contributed by atoms with van der Waals surface area (Å²) >= 11 is 0. The van der Waals surface area contributed by atoms with Crippen molar-refractivity contribution < 1.29 is 4.74 Å². The molecule has 0 aromatic carbocycles. The largest absolute Gasteiger partial charge is 0.372 e. The van der Waals surface area contributed by atoms with Gasteiger partial charge in [0.2, 0.25) is 0 Å². The lowest BCUT2D eigenvalue weighted by Crippen LogP contribution is -2.61. The molecule has 0 aromatic heterocycles. The molecule has 1 aliphatic carbocycles. The second-order valence-corrected chi connectivity index (χ2v) is 4.83. The van der Waals surface area contributed by atoms with Crippen LogP contribution in [0.2, 0.25) is 0 Å². The molecule has 2 rings (SSSR count). The first kappa shape index (κ1) is 10.4. The molecule has 2 aliphatic rings. The first-order valence-electron chi connectivity index (χ1n) is 6.17. The Kier molecular flexibility index (Phi) is 3.13. The summed E-state index contributed by atoms with van der Waals surface area (Å²) in [7, 11) is 0. The highest BCUT2D eigenvalue weighted by Gasteiger charge is 2.46. The molecule has 14 heavy (non-hydrogen) atoms. The van der Waals surface area contributed by atoms with Gasteiger partial charge in [-0.15, -0.1) is 0 Å². The fourth-order valence-electron chi connectivity index (χ4n) is 3.36. The molecule has 1 saturated heterocycles. The van der Waals surface area contributed by atoms with Crippen molar-refractivity contribution in [1.82, 2.24) is 5.32 Å². The Hall–Kier alpha value is -0.0800. The van der Waals surface area contributed by atoms with Crippen molar-refractivity contribution >= 4 is 0 Å². The van der Waals surface area contributed by atoms with E-state index < -0.39 is 0 Å². The predicted octanol–water partition coefficient (Wildman–Crippen LogP) is 2.33. The molecular formula is C12H23NO. The molecule has 0 amide bonds. The van der Waals surface area contributed by atoms with Gasteiger partial charge in [-0.3, -0.25) is 0 Å². The fraction of sp³-hybridized carbons (Fsp3) is 1.00. The number of morpholine rings is 1. The van der Waals surface area contributed by atoms with E-state index in [0.717, 1.165) is 19.1 Å². The van der Waals surface area contributed by atoms with Crippen molar-refractivity contribution in [1.29, 1.82) is 0 Å². The van der Waals surface area contributed by atoms with E-state index in [-0.39, 0.29) is 5.60 Å². The molecule has 2 fully saturated rings. The molecule has 2 heteroatoms. The first-order chi connectivity index (χ1) is 6.79.